The van der Waals surface area contributed by atoms with Gasteiger partial charge in [-0.25, -0.2) is 9.18 Å². The molecule has 5 rings (SSSR count). The summed E-state index contributed by atoms with van der Waals surface area (Å²) in [6, 6.07) is 32.4. The van der Waals surface area contributed by atoms with Crippen LogP contribution in [0.4, 0.5) is 20.6 Å². The summed E-state index contributed by atoms with van der Waals surface area (Å²) in [7, 11) is -2.43. The van der Waals surface area contributed by atoms with Crippen molar-refractivity contribution in [3.63, 3.8) is 0 Å². The Kier molecular flexibility index (Phi) is 12.8. The Morgan fingerprint density at radius 1 is 0.822 bits per heavy atom. The van der Waals surface area contributed by atoms with E-state index in [-0.39, 0.29) is 24.4 Å². The van der Waals surface area contributed by atoms with Gasteiger partial charge in [0.1, 0.15) is 11.9 Å². The van der Waals surface area contributed by atoms with Crippen molar-refractivity contribution in [1.29, 1.82) is 0 Å². The van der Waals surface area contributed by atoms with Gasteiger partial charge < -0.3 is 15.0 Å². The average molecular weight is 631 g/mol. The van der Waals surface area contributed by atoms with Crippen molar-refractivity contribution in [3.8, 4) is 11.1 Å². The third-order valence-electron chi connectivity index (χ3n) is 7.04. The molecule has 4 aromatic carbocycles. The standard InChI is InChI=1S/C28H30N4O5S.C6H5F/c33-27(30-23-12-10-21(11-13-23)20-29-38(35)36)16-19-32-17-14-24(15-18-32)37-28(34)31-26-9-5-4-8-25(26)22-6-2-1-3-7-22;7-6-4-2-1-3-5-6/h1-13,24H,14-20H2,(H,30,33)(H,31,34);1-5H. The largest absolute Gasteiger partial charge is 0.446 e. The zero-order valence-corrected chi connectivity index (χ0v) is 25.5. The Labute approximate surface area is 263 Å². The molecule has 45 heavy (non-hydrogen) atoms. The molecule has 1 fully saturated rings. The van der Waals surface area contributed by atoms with Crippen LogP contribution in [-0.2, 0) is 26.6 Å². The predicted molar refractivity (Wildman–Crippen MR) is 173 cm³/mol. The molecule has 0 aromatic heterocycles. The number of para-hydroxylation sites is 1. The van der Waals surface area contributed by atoms with Gasteiger partial charge in [-0.15, -0.1) is 0 Å². The summed E-state index contributed by atoms with van der Waals surface area (Å²) in [5.74, 6) is -0.277. The number of amides is 2. The lowest BCUT2D eigenvalue weighted by molar-refractivity contribution is -0.116. The van der Waals surface area contributed by atoms with Crippen LogP contribution in [0.25, 0.3) is 11.1 Å². The van der Waals surface area contributed by atoms with E-state index in [1.54, 1.807) is 42.5 Å². The number of nitrogens with zero attached hydrogens (tertiary/aromatic N) is 2. The number of likely N-dealkylation sites (tertiary alicyclic amines) is 1. The number of ether oxygens (including phenoxy) is 1. The lowest BCUT2D eigenvalue weighted by Gasteiger charge is -2.31. The molecule has 11 heteroatoms. The van der Waals surface area contributed by atoms with Crippen LogP contribution < -0.4 is 10.6 Å². The molecule has 0 saturated carbocycles. The van der Waals surface area contributed by atoms with Crippen LogP contribution in [0.5, 0.6) is 0 Å². The fourth-order valence-corrected chi connectivity index (χ4v) is 4.98. The summed E-state index contributed by atoms with van der Waals surface area (Å²) in [5, 5.41) is 5.74. The highest BCUT2D eigenvalue weighted by Gasteiger charge is 2.23. The van der Waals surface area contributed by atoms with E-state index < -0.39 is 16.6 Å². The number of hydrogen-bond donors (Lipinski definition) is 2. The topological polar surface area (TPSA) is 117 Å². The van der Waals surface area contributed by atoms with Crippen LogP contribution in [0.15, 0.2) is 114 Å². The van der Waals surface area contributed by atoms with E-state index in [1.807, 2.05) is 54.6 Å². The van der Waals surface area contributed by atoms with E-state index in [4.69, 9.17) is 4.74 Å². The van der Waals surface area contributed by atoms with Crippen LogP contribution >= 0.6 is 0 Å². The number of piperidine rings is 1. The van der Waals surface area contributed by atoms with Crippen LogP contribution in [0.1, 0.15) is 24.8 Å². The molecular weight excluding hydrogens is 595 g/mol. The molecule has 1 saturated heterocycles. The highest BCUT2D eigenvalue weighted by molar-refractivity contribution is 7.61. The first-order valence-corrected chi connectivity index (χ1v) is 15.6. The molecule has 0 atom stereocenters. The van der Waals surface area contributed by atoms with E-state index in [9.17, 15) is 22.4 Å². The second kappa shape index (κ2) is 17.4. The number of benzene rings is 4. The minimum Gasteiger partial charge on any atom is -0.446 e. The van der Waals surface area contributed by atoms with Crippen LogP contribution in [0.2, 0.25) is 0 Å². The van der Waals surface area contributed by atoms with Crippen molar-refractivity contribution >= 4 is 33.9 Å². The molecule has 234 valence electrons. The summed E-state index contributed by atoms with van der Waals surface area (Å²) >= 11 is 0. The second-order valence-electron chi connectivity index (χ2n) is 10.3. The van der Waals surface area contributed by atoms with Gasteiger partial charge in [0, 0.05) is 37.3 Å². The molecule has 4 aromatic rings. The minimum absolute atomic E-state index is 0.0760. The Bertz CT molecular complexity index is 1650. The van der Waals surface area contributed by atoms with Gasteiger partial charge in [-0.3, -0.25) is 10.1 Å². The summed E-state index contributed by atoms with van der Waals surface area (Å²) in [5.41, 5.74) is 4.04. The molecule has 0 bridgehead atoms. The van der Waals surface area contributed by atoms with Gasteiger partial charge in [0.15, 0.2) is 0 Å². The first-order chi connectivity index (χ1) is 21.9. The fourth-order valence-electron chi connectivity index (χ4n) is 4.72. The molecule has 1 aliphatic rings. The summed E-state index contributed by atoms with van der Waals surface area (Å²) in [6.45, 7) is 2.17. The summed E-state index contributed by atoms with van der Waals surface area (Å²) in [4.78, 5) is 27.1. The van der Waals surface area contributed by atoms with Crippen molar-refractivity contribution in [2.45, 2.75) is 31.9 Å². The maximum absolute atomic E-state index is 12.6. The Morgan fingerprint density at radius 3 is 2.07 bits per heavy atom. The average Bonchev–Trinajstić information content (AvgIpc) is 3.05. The quantitative estimate of drug-likeness (QED) is 0.211. The Morgan fingerprint density at radius 2 is 1.44 bits per heavy atom. The molecule has 1 heterocycles. The third kappa shape index (κ3) is 11.6. The number of hydrogen-bond acceptors (Lipinski definition) is 7. The van der Waals surface area contributed by atoms with Crippen molar-refractivity contribution in [2.24, 2.45) is 4.36 Å². The fraction of sp³-hybridized carbons (Fsp3) is 0.235. The first kappa shape index (κ1) is 33.0. The number of carbonyl (C=O) groups is 2. The van der Waals surface area contributed by atoms with Gasteiger partial charge in [0.25, 0.3) is 0 Å². The minimum atomic E-state index is -2.43. The monoisotopic (exact) mass is 630 g/mol. The van der Waals surface area contributed by atoms with Crippen LogP contribution in [-0.4, -0.2) is 51.1 Å². The Hall–Kier alpha value is -4.87. The number of rotatable bonds is 9. The number of nitrogens with one attached hydrogen (secondary N) is 2. The van der Waals surface area contributed by atoms with Gasteiger partial charge in [0.05, 0.1) is 12.2 Å². The molecule has 1 aliphatic heterocycles. The van der Waals surface area contributed by atoms with E-state index in [2.05, 4.69) is 19.9 Å². The van der Waals surface area contributed by atoms with Gasteiger partial charge in [-0.2, -0.15) is 12.8 Å². The lowest BCUT2D eigenvalue weighted by Crippen LogP contribution is -2.39. The van der Waals surface area contributed by atoms with Crippen LogP contribution in [0, 0.1) is 5.82 Å². The summed E-state index contributed by atoms with van der Waals surface area (Å²) < 4.78 is 42.0. The van der Waals surface area contributed by atoms with E-state index in [0.29, 0.717) is 37.2 Å². The molecule has 2 amide bonds. The molecule has 0 radical (unpaired) electrons. The smallest absolute Gasteiger partial charge is 0.411 e. The summed E-state index contributed by atoms with van der Waals surface area (Å²) in [6.07, 6.45) is 1.11. The maximum Gasteiger partial charge on any atom is 0.411 e. The lowest BCUT2D eigenvalue weighted by atomic mass is 10.0. The Balaban J connectivity index is 0.000000580. The van der Waals surface area contributed by atoms with Crippen molar-refractivity contribution in [3.05, 3.63) is 121 Å². The van der Waals surface area contributed by atoms with Gasteiger partial charge >= 0.3 is 16.6 Å². The normalized spacial score (nSPS) is 13.1. The highest BCUT2D eigenvalue weighted by atomic mass is 32.2. The molecule has 0 unspecified atom stereocenters. The molecule has 9 nitrogen and oxygen atoms in total. The zero-order chi connectivity index (χ0) is 31.9. The first-order valence-electron chi connectivity index (χ1n) is 14.6. The molecule has 0 aliphatic carbocycles. The molecular formula is C34H35FN4O5S. The number of halogens is 1. The second-order valence-corrected chi connectivity index (χ2v) is 11.0. The number of anilines is 2. The van der Waals surface area contributed by atoms with E-state index in [0.717, 1.165) is 29.8 Å². The zero-order valence-electron chi connectivity index (χ0n) is 24.6. The third-order valence-corrected chi connectivity index (χ3v) is 7.38. The maximum atomic E-state index is 12.6. The predicted octanol–water partition coefficient (Wildman–Crippen LogP) is 6.78. The molecule has 2 N–H and O–H groups in total. The van der Waals surface area contributed by atoms with Gasteiger partial charge in [0.2, 0.25) is 5.91 Å². The van der Waals surface area contributed by atoms with Gasteiger partial charge in [-0.05, 0) is 54.3 Å². The van der Waals surface area contributed by atoms with Crippen LogP contribution in [0.3, 0.4) is 0 Å². The highest BCUT2D eigenvalue weighted by Crippen LogP contribution is 2.28. The SMILES string of the molecule is Fc1ccccc1.O=C(CCN1CCC(OC(=O)Nc2ccccc2-c2ccccc2)CC1)Nc1ccc(CN=S(=O)=O)cc1. The van der Waals surface area contributed by atoms with E-state index in [1.165, 1.54) is 12.1 Å². The van der Waals surface area contributed by atoms with Crippen molar-refractivity contribution in [2.75, 3.05) is 30.3 Å². The van der Waals surface area contributed by atoms with Crippen molar-refractivity contribution in [1.82, 2.24) is 4.90 Å². The van der Waals surface area contributed by atoms with Crippen molar-refractivity contribution < 1.29 is 27.1 Å². The van der Waals surface area contributed by atoms with E-state index >= 15 is 0 Å². The number of carbonyl (C=O) groups excluding carboxylic acids is 2. The van der Waals surface area contributed by atoms with Gasteiger partial charge in [-0.1, -0.05) is 78.9 Å². The molecule has 0 spiro atoms.